The predicted octanol–water partition coefficient (Wildman–Crippen LogP) is 4.59. The Hall–Kier alpha value is -0.190. The largest absolute Gasteiger partial charge is 0.293 e. The highest BCUT2D eigenvalue weighted by molar-refractivity contribution is 9.11. The van der Waals surface area contributed by atoms with Crippen molar-refractivity contribution in [2.24, 2.45) is 5.92 Å². The molecule has 2 rings (SSSR count). The van der Waals surface area contributed by atoms with E-state index in [2.05, 4.69) is 34.7 Å². The fourth-order valence-electron chi connectivity index (χ4n) is 2.81. The lowest BCUT2D eigenvalue weighted by atomic mass is 10.1. The third-order valence-corrected chi connectivity index (χ3v) is 5.30. The Balaban J connectivity index is 2.00. The number of Topliss-reactive ketones (excluding diaryl/α,β-unsaturated/α-hetero) is 1. The second kappa shape index (κ2) is 7.00. The third kappa shape index (κ3) is 4.40. The molecule has 0 N–H and O–H groups in total. The zero-order valence-corrected chi connectivity index (χ0v) is 14.1. The van der Waals surface area contributed by atoms with E-state index in [4.69, 9.17) is 0 Å². The topological polar surface area (TPSA) is 20.3 Å². The Kier molecular flexibility index (Phi) is 5.60. The molecule has 1 aromatic rings. The van der Waals surface area contributed by atoms with Crippen LogP contribution in [0.3, 0.4) is 0 Å². The number of ketones is 1. The van der Waals surface area contributed by atoms with Crippen LogP contribution < -0.4 is 0 Å². The van der Waals surface area contributed by atoms with E-state index in [1.807, 2.05) is 12.1 Å². The van der Waals surface area contributed by atoms with Crippen LogP contribution in [-0.4, -0.2) is 29.8 Å². The highest BCUT2D eigenvalue weighted by Gasteiger charge is 2.25. The Labute approximate surface area is 128 Å². The Morgan fingerprint density at radius 3 is 2.63 bits per heavy atom. The molecule has 0 unspecified atom stereocenters. The number of nitrogens with zero attached hydrogens (tertiary/aromatic N) is 1. The van der Waals surface area contributed by atoms with Crippen LogP contribution in [0.4, 0.5) is 0 Å². The molecule has 0 aliphatic heterocycles. The summed E-state index contributed by atoms with van der Waals surface area (Å²) in [6.07, 6.45) is 5.15. The first-order valence-electron chi connectivity index (χ1n) is 7.09. The van der Waals surface area contributed by atoms with Crippen LogP contribution >= 0.6 is 27.3 Å². The first-order chi connectivity index (χ1) is 9.06. The maximum atomic E-state index is 12.4. The normalized spacial score (nSPS) is 16.7. The van der Waals surface area contributed by atoms with Gasteiger partial charge >= 0.3 is 0 Å². The van der Waals surface area contributed by atoms with Gasteiger partial charge in [0.1, 0.15) is 0 Å². The molecule has 0 radical (unpaired) electrons. The molecule has 19 heavy (non-hydrogen) atoms. The van der Waals surface area contributed by atoms with Gasteiger partial charge in [-0.15, -0.1) is 11.3 Å². The molecule has 0 amide bonds. The van der Waals surface area contributed by atoms with Gasteiger partial charge in [-0.25, -0.2) is 0 Å². The molecule has 2 nitrogen and oxygen atoms in total. The number of thiophene rings is 1. The van der Waals surface area contributed by atoms with E-state index >= 15 is 0 Å². The van der Waals surface area contributed by atoms with Gasteiger partial charge in [0.15, 0.2) is 5.78 Å². The van der Waals surface area contributed by atoms with Gasteiger partial charge in [0.25, 0.3) is 0 Å². The molecule has 0 atom stereocenters. The number of hydrogen-bond donors (Lipinski definition) is 0. The van der Waals surface area contributed by atoms with Crippen LogP contribution in [0.15, 0.2) is 15.9 Å². The zero-order chi connectivity index (χ0) is 13.8. The highest BCUT2D eigenvalue weighted by Crippen LogP contribution is 2.26. The lowest BCUT2D eigenvalue weighted by molar-refractivity contribution is 0.0880. The van der Waals surface area contributed by atoms with E-state index in [1.165, 1.54) is 37.0 Å². The highest BCUT2D eigenvalue weighted by atomic mass is 79.9. The fraction of sp³-hybridized carbons (Fsp3) is 0.667. The van der Waals surface area contributed by atoms with Gasteiger partial charge in [-0.05, 0) is 46.8 Å². The number of carbonyl (C=O) groups is 1. The molecule has 1 aliphatic rings. The van der Waals surface area contributed by atoms with Crippen molar-refractivity contribution in [1.82, 2.24) is 4.90 Å². The summed E-state index contributed by atoms with van der Waals surface area (Å²) in [6, 6.07) is 4.51. The van der Waals surface area contributed by atoms with E-state index in [-0.39, 0.29) is 5.78 Å². The second-order valence-corrected chi connectivity index (χ2v) is 8.25. The maximum absolute atomic E-state index is 12.4. The summed E-state index contributed by atoms with van der Waals surface area (Å²) < 4.78 is 1.03. The van der Waals surface area contributed by atoms with E-state index in [9.17, 15) is 4.79 Å². The number of hydrogen-bond acceptors (Lipinski definition) is 3. The zero-order valence-electron chi connectivity index (χ0n) is 11.7. The molecular weight excluding hydrogens is 322 g/mol. The summed E-state index contributed by atoms with van der Waals surface area (Å²) in [5, 5.41) is 0. The smallest absolute Gasteiger partial charge is 0.186 e. The minimum Gasteiger partial charge on any atom is -0.293 e. The van der Waals surface area contributed by atoms with Crippen molar-refractivity contribution in [1.29, 1.82) is 0 Å². The lowest BCUT2D eigenvalue weighted by Gasteiger charge is -2.29. The fourth-order valence-corrected chi connectivity index (χ4v) is 4.12. The van der Waals surface area contributed by atoms with Crippen LogP contribution in [0.2, 0.25) is 0 Å². The Morgan fingerprint density at radius 2 is 2.11 bits per heavy atom. The number of halogens is 1. The molecule has 1 saturated carbocycles. The summed E-state index contributed by atoms with van der Waals surface area (Å²) in [6.45, 7) is 6.07. The molecule has 1 aliphatic carbocycles. The molecule has 1 heterocycles. The van der Waals surface area contributed by atoms with Crippen LogP contribution in [0.1, 0.15) is 49.2 Å². The molecule has 0 aromatic carbocycles. The van der Waals surface area contributed by atoms with Crippen LogP contribution in [0, 0.1) is 5.92 Å². The van der Waals surface area contributed by atoms with Crippen LogP contribution in [-0.2, 0) is 0 Å². The summed E-state index contributed by atoms with van der Waals surface area (Å²) in [5.41, 5.74) is 0. The predicted molar refractivity (Wildman–Crippen MR) is 85.0 cm³/mol. The van der Waals surface area contributed by atoms with Gasteiger partial charge in [-0.3, -0.25) is 9.69 Å². The summed E-state index contributed by atoms with van der Waals surface area (Å²) in [4.78, 5) is 15.6. The second-order valence-electron chi connectivity index (χ2n) is 5.79. The lowest BCUT2D eigenvalue weighted by Crippen LogP contribution is -2.39. The first-order valence-corrected chi connectivity index (χ1v) is 8.70. The summed E-state index contributed by atoms with van der Waals surface area (Å²) in [5.74, 6) is 0.881. The van der Waals surface area contributed by atoms with Crippen molar-refractivity contribution < 1.29 is 4.79 Å². The molecular formula is C15H22BrNOS. The molecule has 106 valence electrons. The molecule has 4 heteroatoms. The minimum atomic E-state index is 0.267. The third-order valence-electron chi connectivity index (χ3n) is 3.64. The van der Waals surface area contributed by atoms with Gasteiger partial charge in [-0.2, -0.15) is 0 Å². The molecule has 0 saturated heterocycles. The summed E-state index contributed by atoms with van der Waals surface area (Å²) in [7, 11) is 0. The standard InChI is InChI=1S/C15H22BrNOS/c1-11(2)9-17(12-5-3-4-6-12)10-13(18)14-7-8-15(16)19-14/h7-8,11-12H,3-6,9-10H2,1-2H3. The maximum Gasteiger partial charge on any atom is 0.186 e. The average molecular weight is 344 g/mol. The molecule has 0 bridgehead atoms. The van der Waals surface area contributed by atoms with Crippen molar-refractivity contribution in [3.05, 3.63) is 20.8 Å². The average Bonchev–Trinajstić information content (AvgIpc) is 2.97. The van der Waals surface area contributed by atoms with Crippen LogP contribution in [0.5, 0.6) is 0 Å². The van der Waals surface area contributed by atoms with E-state index in [0.29, 0.717) is 18.5 Å². The van der Waals surface area contributed by atoms with E-state index in [1.54, 1.807) is 0 Å². The number of rotatable bonds is 6. The number of carbonyl (C=O) groups excluding carboxylic acids is 1. The quantitative estimate of drug-likeness (QED) is 0.703. The molecule has 0 spiro atoms. The van der Waals surface area contributed by atoms with E-state index in [0.717, 1.165) is 15.2 Å². The van der Waals surface area contributed by atoms with Gasteiger partial charge < -0.3 is 0 Å². The van der Waals surface area contributed by atoms with Gasteiger partial charge in [0.05, 0.1) is 15.2 Å². The van der Waals surface area contributed by atoms with Crippen LogP contribution in [0.25, 0.3) is 0 Å². The SMILES string of the molecule is CC(C)CN(CC(=O)c1ccc(Br)s1)C1CCCC1. The van der Waals surface area contributed by atoms with Gasteiger partial charge in [0.2, 0.25) is 0 Å². The van der Waals surface area contributed by atoms with Gasteiger partial charge in [-0.1, -0.05) is 26.7 Å². The van der Waals surface area contributed by atoms with Crippen molar-refractivity contribution in [2.45, 2.75) is 45.6 Å². The summed E-state index contributed by atoms with van der Waals surface area (Å²) >= 11 is 4.97. The monoisotopic (exact) mass is 343 g/mol. The van der Waals surface area contributed by atoms with Crippen molar-refractivity contribution in [2.75, 3.05) is 13.1 Å². The van der Waals surface area contributed by atoms with Crippen molar-refractivity contribution >= 4 is 33.0 Å². The van der Waals surface area contributed by atoms with Gasteiger partial charge in [0, 0.05) is 12.6 Å². The van der Waals surface area contributed by atoms with E-state index < -0.39 is 0 Å². The Morgan fingerprint density at radius 1 is 1.42 bits per heavy atom. The minimum absolute atomic E-state index is 0.267. The molecule has 1 aromatic heterocycles. The Bertz CT molecular complexity index is 424. The molecule has 1 fully saturated rings. The van der Waals surface area contributed by atoms with Crippen molar-refractivity contribution in [3.8, 4) is 0 Å². The first kappa shape index (κ1) is 15.2. The van der Waals surface area contributed by atoms with Crippen molar-refractivity contribution in [3.63, 3.8) is 0 Å².